The Morgan fingerprint density at radius 1 is 0.667 bits per heavy atom. The minimum absolute atomic E-state index is 0.00231. The second-order valence-corrected chi connectivity index (χ2v) is 6.89. The van der Waals surface area contributed by atoms with Crippen molar-refractivity contribution in [2.75, 3.05) is 0 Å². The lowest BCUT2D eigenvalue weighted by molar-refractivity contribution is -0.244. The summed E-state index contributed by atoms with van der Waals surface area (Å²) in [5.41, 5.74) is -7.29. The third-order valence-corrected chi connectivity index (χ3v) is 5.72. The largest absolute Gasteiger partial charge is 0.415 e. The van der Waals surface area contributed by atoms with Crippen LogP contribution in [0.5, 0.6) is 0 Å². The van der Waals surface area contributed by atoms with Crippen LogP contribution in [-0.4, -0.2) is 23.0 Å². The Morgan fingerprint density at radius 3 is 1.59 bits per heavy atom. The zero-order valence-corrected chi connectivity index (χ0v) is 13.8. The van der Waals surface area contributed by atoms with Crippen LogP contribution in [0.2, 0.25) is 0 Å². The van der Waals surface area contributed by atoms with Gasteiger partial charge in [-0.15, -0.1) is 0 Å². The van der Waals surface area contributed by atoms with Crippen molar-refractivity contribution >= 4 is 0 Å². The van der Waals surface area contributed by atoms with Gasteiger partial charge in [-0.3, -0.25) is 0 Å². The summed E-state index contributed by atoms with van der Waals surface area (Å²) in [6.07, 6.45) is -12.0. The molecule has 2 aliphatic rings. The van der Waals surface area contributed by atoms with Crippen LogP contribution in [0.15, 0.2) is 60.7 Å². The van der Waals surface area contributed by atoms with E-state index in [9.17, 15) is 26.3 Å². The van der Waals surface area contributed by atoms with Crippen molar-refractivity contribution in [1.82, 2.24) is 4.90 Å². The summed E-state index contributed by atoms with van der Waals surface area (Å²) in [5, 5.41) is 0. The summed E-state index contributed by atoms with van der Waals surface area (Å²) in [5.74, 6) is -3.15. The molecule has 4 atom stereocenters. The Bertz CT molecular complexity index is 790. The van der Waals surface area contributed by atoms with Crippen LogP contribution in [0.3, 0.4) is 0 Å². The van der Waals surface area contributed by atoms with Gasteiger partial charge in [-0.1, -0.05) is 60.7 Å². The lowest BCUT2D eigenvalue weighted by Gasteiger charge is -2.38. The first-order valence-corrected chi connectivity index (χ1v) is 8.27. The molecule has 1 unspecified atom stereocenters. The lowest BCUT2D eigenvalue weighted by Crippen LogP contribution is -2.52. The van der Waals surface area contributed by atoms with Gasteiger partial charge in [-0.05, 0) is 17.5 Å². The molecule has 8 heteroatoms. The molecule has 144 valence electrons. The van der Waals surface area contributed by atoms with E-state index in [1.54, 1.807) is 0 Å². The summed E-state index contributed by atoms with van der Waals surface area (Å²) < 4.78 is 101. The van der Waals surface area contributed by atoms with Crippen LogP contribution < -0.4 is 0 Å². The number of hydrogen-bond donors (Lipinski definition) is 0. The average molecular weight is 389 g/mol. The van der Waals surface area contributed by atoms with Gasteiger partial charge < -0.3 is 0 Å². The molecular formula is C19H14F7N. The maximum absolute atomic E-state index is 15.6. The Hall–Kier alpha value is -2.09. The Labute approximate surface area is 150 Å². The van der Waals surface area contributed by atoms with Crippen molar-refractivity contribution in [2.24, 2.45) is 0 Å². The van der Waals surface area contributed by atoms with E-state index in [0.29, 0.717) is 0 Å². The highest BCUT2D eigenvalue weighted by molar-refractivity contribution is 5.48. The van der Waals surface area contributed by atoms with Gasteiger partial charge in [0, 0.05) is 6.42 Å². The maximum atomic E-state index is 15.6. The van der Waals surface area contributed by atoms with Gasteiger partial charge in [0.05, 0.1) is 0 Å². The maximum Gasteiger partial charge on any atom is 0.415 e. The fraction of sp³-hybridized carbons (Fsp3) is 0.368. The van der Waals surface area contributed by atoms with Crippen LogP contribution in [0.25, 0.3) is 0 Å². The van der Waals surface area contributed by atoms with Gasteiger partial charge >= 0.3 is 12.4 Å². The molecule has 27 heavy (non-hydrogen) atoms. The summed E-state index contributed by atoms with van der Waals surface area (Å²) in [7, 11) is 0. The summed E-state index contributed by atoms with van der Waals surface area (Å²) in [4.78, 5) is -0.00231. The zero-order valence-electron chi connectivity index (χ0n) is 13.8. The molecule has 0 radical (unpaired) electrons. The molecule has 1 nitrogen and oxygen atoms in total. The Morgan fingerprint density at radius 2 is 1.15 bits per heavy atom. The third kappa shape index (κ3) is 1.99. The SMILES string of the molecule is FC(F)(F)[C@@]1(c2ccccc2)CC[C@]2(F)N1[C@]2(c1ccccc1)C(F)(F)F. The van der Waals surface area contributed by atoms with E-state index in [4.69, 9.17) is 0 Å². The van der Waals surface area contributed by atoms with Crippen molar-refractivity contribution in [3.8, 4) is 0 Å². The molecule has 0 spiro atoms. The van der Waals surface area contributed by atoms with E-state index in [0.717, 1.165) is 24.3 Å². The van der Waals surface area contributed by atoms with Gasteiger partial charge in [0.1, 0.15) is 5.54 Å². The molecule has 2 saturated heterocycles. The number of nitrogens with zero attached hydrogens (tertiary/aromatic N) is 1. The highest BCUT2D eigenvalue weighted by Crippen LogP contribution is 2.79. The second kappa shape index (κ2) is 5.25. The normalized spacial score (nSPS) is 35.7. The van der Waals surface area contributed by atoms with Crippen LogP contribution in [0.4, 0.5) is 30.7 Å². The van der Waals surface area contributed by atoms with Crippen LogP contribution in [-0.2, 0) is 11.1 Å². The van der Waals surface area contributed by atoms with Crippen LogP contribution >= 0.6 is 0 Å². The van der Waals surface area contributed by atoms with Crippen LogP contribution in [0, 0.1) is 0 Å². The molecule has 2 aliphatic heterocycles. The van der Waals surface area contributed by atoms with E-state index in [2.05, 4.69) is 0 Å². The first-order valence-electron chi connectivity index (χ1n) is 8.27. The van der Waals surface area contributed by atoms with Gasteiger partial charge in [0.15, 0.2) is 11.3 Å². The number of piperidine rings is 1. The number of rotatable bonds is 2. The molecular weight excluding hydrogens is 375 g/mol. The standard InChI is InChI=1S/C19H14F7N/c20-16-12-11-15(18(21,22)23,13-7-3-1-4-8-13)27(16)17(16,19(24,25)26)14-9-5-2-6-10-14/h1-10H,11-12H2/t15-,16-,17-,27?/m0/s1. The second-order valence-electron chi connectivity index (χ2n) is 6.89. The van der Waals surface area contributed by atoms with Gasteiger partial charge in [-0.25, -0.2) is 9.29 Å². The van der Waals surface area contributed by atoms with E-state index in [1.807, 2.05) is 0 Å². The summed E-state index contributed by atoms with van der Waals surface area (Å²) in [6, 6.07) is 12.3. The van der Waals surface area contributed by atoms with E-state index < -0.39 is 47.6 Å². The zero-order chi connectivity index (χ0) is 19.7. The van der Waals surface area contributed by atoms with Crippen molar-refractivity contribution in [3.05, 3.63) is 71.8 Å². The minimum atomic E-state index is -5.23. The predicted molar refractivity (Wildman–Crippen MR) is 83.3 cm³/mol. The topological polar surface area (TPSA) is 3.01 Å². The van der Waals surface area contributed by atoms with Crippen molar-refractivity contribution < 1.29 is 30.7 Å². The highest BCUT2D eigenvalue weighted by atomic mass is 19.4. The molecule has 0 aliphatic carbocycles. The summed E-state index contributed by atoms with van der Waals surface area (Å²) >= 11 is 0. The Kier molecular flexibility index (Phi) is 3.55. The summed E-state index contributed by atoms with van der Waals surface area (Å²) in [6.45, 7) is 0. The van der Waals surface area contributed by atoms with Crippen molar-refractivity contribution in [2.45, 2.75) is 42.1 Å². The quantitative estimate of drug-likeness (QED) is 0.363. The number of alkyl halides is 7. The lowest BCUT2D eigenvalue weighted by atomic mass is 9.80. The molecule has 0 aromatic heterocycles. The van der Waals surface area contributed by atoms with E-state index in [-0.39, 0.29) is 10.5 Å². The molecule has 0 saturated carbocycles. The number of hydrogen-bond acceptors (Lipinski definition) is 1. The molecule has 0 bridgehead atoms. The van der Waals surface area contributed by atoms with Gasteiger partial charge in [-0.2, -0.15) is 26.3 Å². The molecule has 2 aromatic rings. The van der Waals surface area contributed by atoms with E-state index >= 15 is 4.39 Å². The van der Waals surface area contributed by atoms with Crippen molar-refractivity contribution in [1.29, 1.82) is 0 Å². The molecule has 0 N–H and O–H groups in total. The number of benzene rings is 2. The molecule has 4 rings (SSSR count). The van der Waals surface area contributed by atoms with Crippen molar-refractivity contribution in [3.63, 3.8) is 0 Å². The Balaban J connectivity index is 2.00. The number of fused-ring (bicyclic) bond motifs is 1. The van der Waals surface area contributed by atoms with E-state index in [1.165, 1.54) is 36.4 Å². The molecule has 0 amide bonds. The minimum Gasteiger partial charge on any atom is -0.229 e. The first kappa shape index (κ1) is 18.3. The fourth-order valence-electron chi connectivity index (χ4n) is 4.68. The predicted octanol–water partition coefficient (Wildman–Crippen LogP) is 5.68. The smallest absolute Gasteiger partial charge is 0.229 e. The highest BCUT2D eigenvalue weighted by Gasteiger charge is 2.97. The first-order chi connectivity index (χ1) is 12.5. The molecule has 2 heterocycles. The third-order valence-electron chi connectivity index (χ3n) is 5.72. The van der Waals surface area contributed by atoms with Gasteiger partial charge in [0.2, 0.25) is 0 Å². The van der Waals surface area contributed by atoms with Crippen LogP contribution in [0.1, 0.15) is 24.0 Å². The monoisotopic (exact) mass is 389 g/mol. The fourth-order valence-corrected chi connectivity index (χ4v) is 4.68. The molecule has 2 aromatic carbocycles. The average Bonchev–Trinajstić information content (AvgIpc) is 3.03. The molecule has 2 fully saturated rings. The number of halogens is 7. The van der Waals surface area contributed by atoms with Gasteiger partial charge in [0.25, 0.3) is 0 Å².